The van der Waals surface area contributed by atoms with Crippen LogP contribution in [0.3, 0.4) is 0 Å². The van der Waals surface area contributed by atoms with Gasteiger partial charge in [-0.1, -0.05) is 38.3 Å². The summed E-state index contributed by atoms with van der Waals surface area (Å²) in [4.78, 5) is 26.8. The minimum atomic E-state index is -0.188. The summed E-state index contributed by atoms with van der Waals surface area (Å²) >= 11 is 0. The van der Waals surface area contributed by atoms with Crippen molar-refractivity contribution in [3.05, 3.63) is 54.1 Å². The number of rotatable bonds is 11. The summed E-state index contributed by atoms with van der Waals surface area (Å²) in [5.41, 5.74) is 1.98. The van der Waals surface area contributed by atoms with E-state index in [0.29, 0.717) is 44.2 Å². The van der Waals surface area contributed by atoms with Crippen molar-refractivity contribution in [2.24, 2.45) is 0 Å². The quantitative estimate of drug-likeness (QED) is 0.514. The molecule has 0 saturated carbocycles. The molecule has 0 bridgehead atoms. The molecule has 32 heavy (non-hydrogen) atoms. The first-order chi connectivity index (χ1) is 15.7. The van der Waals surface area contributed by atoms with Crippen molar-refractivity contribution in [3.8, 4) is 5.75 Å². The van der Waals surface area contributed by atoms with Gasteiger partial charge in [0.15, 0.2) is 0 Å². The summed E-state index contributed by atoms with van der Waals surface area (Å²) in [6, 6.07) is 14.7. The molecule has 1 aliphatic rings. The third-order valence-electron chi connectivity index (χ3n) is 5.25. The van der Waals surface area contributed by atoms with Crippen LogP contribution in [0.1, 0.15) is 43.0 Å². The molecule has 0 radical (unpaired) electrons. The van der Waals surface area contributed by atoms with Crippen LogP contribution < -0.4 is 15.4 Å². The minimum Gasteiger partial charge on any atom is -0.494 e. The van der Waals surface area contributed by atoms with Crippen LogP contribution in [0, 0.1) is 0 Å². The summed E-state index contributed by atoms with van der Waals surface area (Å²) in [5.74, 6) is 0.558. The van der Waals surface area contributed by atoms with Crippen LogP contribution in [0.4, 0.5) is 11.4 Å². The van der Waals surface area contributed by atoms with Crippen molar-refractivity contribution >= 4 is 23.2 Å². The first kappa shape index (κ1) is 23.6. The Morgan fingerprint density at radius 1 is 1.00 bits per heavy atom. The van der Waals surface area contributed by atoms with E-state index in [-0.39, 0.29) is 18.4 Å². The van der Waals surface area contributed by atoms with Gasteiger partial charge in [0.25, 0.3) is 5.91 Å². The number of benzene rings is 2. The Balaban J connectivity index is 1.47. The Hall–Kier alpha value is -3.06. The molecule has 0 aliphatic carbocycles. The number of amides is 2. The van der Waals surface area contributed by atoms with Crippen LogP contribution in [0.2, 0.25) is 0 Å². The number of unbranched alkanes of at least 4 members (excludes halogenated alkanes) is 3. The van der Waals surface area contributed by atoms with Crippen molar-refractivity contribution in [1.29, 1.82) is 0 Å². The Morgan fingerprint density at radius 2 is 1.78 bits per heavy atom. The number of anilines is 2. The molecule has 2 amide bonds. The van der Waals surface area contributed by atoms with Gasteiger partial charge in [0.1, 0.15) is 5.75 Å². The summed E-state index contributed by atoms with van der Waals surface area (Å²) in [7, 11) is 0. The third kappa shape index (κ3) is 7.57. The van der Waals surface area contributed by atoms with E-state index in [1.165, 1.54) is 19.3 Å². The molecule has 0 spiro atoms. The maximum Gasteiger partial charge on any atom is 0.254 e. The lowest BCUT2D eigenvalue weighted by molar-refractivity contribution is -0.114. The second-order valence-electron chi connectivity index (χ2n) is 7.82. The zero-order valence-electron chi connectivity index (χ0n) is 18.8. The molecule has 3 rings (SSSR count). The van der Waals surface area contributed by atoms with Gasteiger partial charge in [-0.3, -0.25) is 9.59 Å². The van der Waals surface area contributed by atoms with Gasteiger partial charge in [-0.05, 0) is 36.8 Å². The second-order valence-corrected chi connectivity index (χ2v) is 7.82. The molecule has 0 unspecified atom stereocenters. The fourth-order valence-corrected chi connectivity index (χ4v) is 3.48. The normalized spacial score (nSPS) is 13.5. The molecule has 1 fully saturated rings. The van der Waals surface area contributed by atoms with Gasteiger partial charge >= 0.3 is 0 Å². The van der Waals surface area contributed by atoms with Gasteiger partial charge in [0.05, 0.1) is 26.4 Å². The number of carbonyl (C=O) groups excluding carboxylic acids is 2. The minimum absolute atomic E-state index is 0.0472. The Bertz CT molecular complexity index is 881. The van der Waals surface area contributed by atoms with Gasteiger partial charge in [-0.2, -0.15) is 0 Å². The summed E-state index contributed by atoms with van der Waals surface area (Å²) in [6.07, 6.45) is 4.65. The van der Waals surface area contributed by atoms with E-state index in [9.17, 15) is 9.59 Å². The number of morpholine rings is 1. The number of hydrogen-bond acceptors (Lipinski definition) is 5. The SMILES string of the molecule is CCCCCCOc1cccc(NCC(=O)Nc2cccc(C(=O)N3CCOCC3)c2)c1. The number of nitrogens with zero attached hydrogens (tertiary/aromatic N) is 1. The smallest absolute Gasteiger partial charge is 0.254 e. The monoisotopic (exact) mass is 439 g/mol. The predicted molar refractivity (Wildman–Crippen MR) is 126 cm³/mol. The topological polar surface area (TPSA) is 79.9 Å². The molecule has 1 saturated heterocycles. The largest absolute Gasteiger partial charge is 0.494 e. The molecule has 2 aromatic rings. The fourth-order valence-electron chi connectivity index (χ4n) is 3.48. The number of hydrogen-bond donors (Lipinski definition) is 2. The zero-order valence-corrected chi connectivity index (χ0v) is 18.8. The average molecular weight is 440 g/mol. The first-order valence-corrected chi connectivity index (χ1v) is 11.4. The molecule has 1 heterocycles. The molecule has 7 nitrogen and oxygen atoms in total. The molecule has 0 atom stereocenters. The highest BCUT2D eigenvalue weighted by atomic mass is 16.5. The molecule has 7 heteroatoms. The van der Waals surface area contributed by atoms with E-state index < -0.39 is 0 Å². The molecule has 0 aromatic heterocycles. The Labute approximate surface area is 190 Å². The number of nitrogens with one attached hydrogen (secondary N) is 2. The average Bonchev–Trinajstić information content (AvgIpc) is 2.83. The standard InChI is InChI=1S/C25H33N3O4/c1-2-3-4-5-14-32-23-11-7-9-21(18-23)26-19-24(29)27-22-10-6-8-20(17-22)25(30)28-12-15-31-16-13-28/h6-11,17-18,26H,2-5,12-16,19H2,1H3,(H,27,29). The summed E-state index contributed by atoms with van der Waals surface area (Å²) in [5, 5.41) is 5.97. The molecule has 1 aliphatic heterocycles. The van der Waals surface area contributed by atoms with Crippen LogP contribution in [-0.4, -0.2) is 56.2 Å². The zero-order chi connectivity index (χ0) is 22.6. The maximum atomic E-state index is 12.6. The van der Waals surface area contributed by atoms with E-state index in [1.807, 2.05) is 24.3 Å². The summed E-state index contributed by atoms with van der Waals surface area (Å²) in [6.45, 7) is 5.28. The first-order valence-electron chi connectivity index (χ1n) is 11.4. The molecule has 2 aromatic carbocycles. The van der Waals surface area contributed by atoms with Crippen LogP contribution in [0.25, 0.3) is 0 Å². The van der Waals surface area contributed by atoms with E-state index >= 15 is 0 Å². The Kier molecular flexibility index (Phi) is 9.37. The van der Waals surface area contributed by atoms with Crippen LogP contribution >= 0.6 is 0 Å². The number of carbonyl (C=O) groups is 2. The van der Waals surface area contributed by atoms with Crippen LogP contribution in [0.15, 0.2) is 48.5 Å². The molecule has 2 N–H and O–H groups in total. The van der Waals surface area contributed by atoms with Crippen LogP contribution in [-0.2, 0) is 9.53 Å². The van der Waals surface area contributed by atoms with Crippen molar-refractivity contribution < 1.29 is 19.1 Å². The van der Waals surface area contributed by atoms with Gasteiger partial charge in [0, 0.05) is 36.1 Å². The lowest BCUT2D eigenvalue weighted by atomic mass is 10.1. The molecule has 172 valence electrons. The lowest BCUT2D eigenvalue weighted by Gasteiger charge is -2.27. The molecular formula is C25H33N3O4. The number of ether oxygens (including phenoxy) is 2. The lowest BCUT2D eigenvalue weighted by Crippen LogP contribution is -2.40. The van der Waals surface area contributed by atoms with Crippen LogP contribution in [0.5, 0.6) is 5.75 Å². The maximum absolute atomic E-state index is 12.6. The van der Waals surface area contributed by atoms with Crippen molar-refractivity contribution in [2.75, 3.05) is 50.1 Å². The predicted octanol–water partition coefficient (Wildman–Crippen LogP) is 4.17. The third-order valence-corrected chi connectivity index (χ3v) is 5.25. The fraction of sp³-hybridized carbons (Fsp3) is 0.440. The van der Waals surface area contributed by atoms with Gasteiger partial charge in [0.2, 0.25) is 5.91 Å². The van der Waals surface area contributed by atoms with Crippen molar-refractivity contribution in [1.82, 2.24) is 4.90 Å². The molecular weight excluding hydrogens is 406 g/mol. The Morgan fingerprint density at radius 3 is 2.59 bits per heavy atom. The van der Waals surface area contributed by atoms with E-state index in [0.717, 1.165) is 17.9 Å². The highest BCUT2D eigenvalue weighted by Crippen LogP contribution is 2.18. The second kappa shape index (κ2) is 12.7. The highest BCUT2D eigenvalue weighted by molar-refractivity contribution is 5.98. The van der Waals surface area contributed by atoms with Gasteiger partial charge in [-0.25, -0.2) is 0 Å². The highest BCUT2D eigenvalue weighted by Gasteiger charge is 2.18. The van der Waals surface area contributed by atoms with E-state index in [1.54, 1.807) is 29.2 Å². The van der Waals surface area contributed by atoms with Gasteiger partial charge < -0.3 is 25.0 Å². The van der Waals surface area contributed by atoms with Crippen molar-refractivity contribution in [3.63, 3.8) is 0 Å². The summed E-state index contributed by atoms with van der Waals surface area (Å²) < 4.78 is 11.1. The van der Waals surface area contributed by atoms with Gasteiger partial charge in [-0.15, -0.1) is 0 Å². The van der Waals surface area contributed by atoms with E-state index in [2.05, 4.69) is 17.6 Å². The van der Waals surface area contributed by atoms with Crippen molar-refractivity contribution in [2.45, 2.75) is 32.6 Å². The van der Waals surface area contributed by atoms with E-state index in [4.69, 9.17) is 9.47 Å².